The molecule has 0 aromatic heterocycles. The second-order valence-electron chi connectivity index (χ2n) is 5.28. The Bertz CT molecular complexity index is 454. The second kappa shape index (κ2) is 6.60. The smallest absolute Gasteiger partial charge is 0.409 e. The lowest BCUT2D eigenvalue weighted by molar-refractivity contribution is -0.151. The van der Waals surface area contributed by atoms with Gasteiger partial charge in [-0.25, -0.2) is 4.79 Å². The van der Waals surface area contributed by atoms with Gasteiger partial charge in [0.15, 0.2) is 0 Å². The monoisotopic (exact) mass is 296 g/mol. The number of carboxylic acid groups (broad SMARTS) is 1. The topological polar surface area (TPSA) is 87.2 Å². The van der Waals surface area contributed by atoms with Crippen molar-refractivity contribution >= 4 is 18.0 Å². The Balaban J connectivity index is 1.96. The van der Waals surface area contributed by atoms with Crippen molar-refractivity contribution in [2.45, 2.75) is 12.8 Å². The maximum absolute atomic E-state index is 12.5. The first-order chi connectivity index (χ1) is 10.0. The molecule has 1 N–H and O–H groups in total. The van der Waals surface area contributed by atoms with E-state index in [4.69, 9.17) is 0 Å². The van der Waals surface area contributed by atoms with E-state index in [2.05, 4.69) is 4.74 Å². The van der Waals surface area contributed by atoms with Gasteiger partial charge in [-0.3, -0.25) is 9.59 Å². The van der Waals surface area contributed by atoms with Crippen molar-refractivity contribution in [3.05, 3.63) is 12.2 Å². The minimum absolute atomic E-state index is 0.128. The largest absolute Gasteiger partial charge is 0.481 e. The van der Waals surface area contributed by atoms with Crippen LogP contribution in [0.5, 0.6) is 0 Å². The maximum Gasteiger partial charge on any atom is 0.409 e. The molecule has 7 heteroatoms. The Morgan fingerprint density at radius 3 is 2.05 bits per heavy atom. The molecule has 1 aliphatic carbocycles. The molecule has 0 aromatic rings. The standard InChI is InChI=1S/C14H20N2O5/c1-21-14(20)16-8-6-15(7-9-16)12(17)10-4-2-3-5-11(10)13(18)19/h2-3,10-11H,4-9H2,1H3,(H,18,19). The first kappa shape index (κ1) is 15.3. The van der Waals surface area contributed by atoms with Crippen molar-refractivity contribution in [3.63, 3.8) is 0 Å². The summed E-state index contributed by atoms with van der Waals surface area (Å²) in [5.74, 6) is -2.21. The molecule has 0 bridgehead atoms. The summed E-state index contributed by atoms with van der Waals surface area (Å²) in [6.07, 6.45) is 4.15. The summed E-state index contributed by atoms with van der Waals surface area (Å²) in [5, 5.41) is 9.23. The molecule has 116 valence electrons. The third-order valence-electron chi connectivity index (χ3n) is 4.09. The normalized spacial score (nSPS) is 25.6. The van der Waals surface area contributed by atoms with E-state index in [9.17, 15) is 19.5 Å². The molecule has 7 nitrogen and oxygen atoms in total. The number of carbonyl (C=O) groups is 3. The van der Waals surface area contributed by atoms with Crippen LogP contribution in [0, 0.1) is 11.8 Å². The molecule has 1 aliphatic heterocycles. The highest BCUT2D eigenvalue weighted by atomic mass is 16.5. The Kier molecular flexibility index (Phi) is 4.82. The molecular formula is C14H20N2O5. The van der Waals surface area contributed by atoms with Crippen LogP contribution in [0.25, 0.3) is 0 Å². The summed E-state index contributed by atoms with van der Waals surface area (Å²) in [5.41, 5.74) is 0. The van der Waals surface area contributed by atoms with Crippen molar-refractivity contribution < 1.29 is 24.2 Å². The number of rotatable bonds is 2. The van der Waals surface area contributed by atoms with Crippen molar-refractivity contribution in [3.8, 4) is 0 Å². The Morgan fingerprint density at radius 1 is 1.00 bits per heavy atom. The summed E-state index contributed by atoms with van der Waals surface area (Å²) >= 11 is 0. The number of piperazine rings is 1. The number of allylic oxidation sites excluding steroid dienone is 2. The highest BCUT2D eigenvalue weighted by molar-refractivity contribution is 5.85. The van der Waals surface area contributed by atoms with Gasteiger partial charge in [-0.1, -0.05) is 12.2 Å². The van der Waals surface area contributed by atoms with Crippen LogP contribution >= 0.6 is 0 Å². The van der Waals surface area contributed by atoms with Gasteiger partial charge in [0, 0.05) is 26.2 Å². The van der Waals surface area contributed by atoms with Gasteiger partial charge in [0.2, 0.25) is 5.91 Å². The summed E-state index contributed by atoms with van der Waals surface area (Å²) in [6, 6.07) is 0. The van der Waals surface area contributed by atoms with Gasteiger partial charge in [0.1, 0.15) is 0 Å². The molecule has 2 amide bonds. The Hall–Kier alpha value is -2.05. The fourth-order valence-electron chi connectivity index (χ4n) is 2.83. The SMILES string of the molecule is COC(=O)N1CCN(C(=O)C2CC=CCC2C(=O)O)CC1. The van der Waals surface area contributed by atoms with Crippen LogP contribution in [0.4, 0.5) is 4.79 Å². The molecule has 2 rings (SSSR count). The highest BCUT2D eigenvalue weighted by Crippen LogP contribution is 2.28. The van der Waals surface area contributed by atoms with E-state index >= 15 is 0 Å². The number of nitrogens with zero attached hydrogens (tertiary/aromatic N) is 2. The minimum Gasteiger partial charge on any atom is -0.481 e. The summed E-state index contributed by atoms with van der Waals surface area (Å²) in [4.78, 5) is 38.4. The van der Waals surface area contributed by atoms with E-state index in [1.807, 2.05) is 12.2 Å². The fourth-order valence-corrected chi connectivity index (χ4v) is 2.83. The second-order valence-corrected chi connectivity index (χ2v) is 5.28. The average molecular weight is 296 g/mol. The molecule has 0 spiro atoms. The lowest BCUT2D eigenvalue weighted by atomic mass is 9.82. The zero-order valence-corrected chi connectivity index (χ0v) is 12.0. The average Bonchev–Trinajstić information content (AvgIpc) is 2.53. The predicted molar refractivity (Wildman–Crippen MR) is 73.5 cm³/mol. The molecule has 2 atom stereocenters. The van der Waals surface area contributed by atoms with Gasteiger partial charge in [-0.2, -0.15) is 0 Å². The van der Waals surface area contributed by atoms with Crippen LogP contribution in [-0.2, 0) is 14.3 Å². The third-order valence-corrected chi connectivity index (χ3v) is 4.09. The summed E-state index contributed by atoms with van der Waals surface area (Å²) in [6.45, 7) is 1.67. The van der Waals surface area contributed by atoms with Gasteiger partial charge in [-0.05, 0) is 12.8 Å². The Labute approximate surface area is 123 Å². The summed E-state index contributed by atoms with van der Waals surface area (Å²) < 4.78 is 4.65. The molecule has 1 saturated heterocycles. The van der Waals surface area contributed by atoms with Crippen LogP contribution in [0.15, 0.2) is 12.2 Å². The number of hydrogen-bond acceptors (Lipinski definition) is 4. The van der Waals surface area contributed by atoms with Crippen LogP contribution in [0.2, 0.25) is 0 Å². The predicted octanol–water partition coefficient (Wildman–Crippen LogP) is 0.564. The molecule has 0 saturated carbocycles. The van der Waals surface area contributed by atoms with Gasteiger partial charge in [0.05, 0.1) is 18.9 Å². The van der Waals surface area contributed by atoms with E-state index in [-0.39, 0.29) is 5.91 Å². The number of methoxy groups -OCH3 is 1. The molecule has 0 radical (unpaired) electrons. The van der Waals surface area contributed by atoms with Gasteiger partial charge < -0.3 is 19.6 Å². The molecule has 1 heterocycles. The lowest BCUT2D eigenvalue weighted by Crippen LogP contribution is -2.53. The zero-order valence-electron chi connectivity index (χ0n) is 12.0. The number of aliphatic carboxylic acids is 1. The number of ether oxygens (including phenoxy) is 1. The van der Waals surface area contributed by atoms with Gasteiger partial charge in [0.25, 0.3) is 0 Å². The van der Waals surface area contributed by atoms with Crippen LogP contribution in [0.3, 0.4) is 0 Å². The van der Waals surface area contributed by atoms with Crippen molar-refractivity contribution in [1.82, 2.24) is 9.80 Å². The maximum atomic E-state index is 12.5. The Morgan fingerprint density at radius 2 is 1.52 bits per heavy atom. The molecule has 2 unspecified atom stereocenters. The van der Waals surface area contributed by atoms with E-state index in [0.29, 0.717) is 39.0 Å². The first-order valence-electron chi connectivity index (χ1n) is 7.04. The van der Waals surface area contributed by atoms with E-state index in [0.717, 1.165) is 0 Å². The van der Waals surface area contributed by atoms with Crippen molar-refractivity contribution in [2.75, 3.05) is 33.3 Å². The molecule has 1 fully saturated rings. The van der Waals surface area contributed by atoms with Crippen molar-refractivity contribution in [1.29, 1.82) is 0 Å². The van der Waals surface area contributed by atoms with E-state index in [1.165, 1.54) is 7.11 Å². The molecular weight excluding hydrogens is 276 g/mol. The van der Waals surface area contributed by atoms with Crippen LogP contribution in [-0.4, -0.2) is 66.2 Å². The number of carbonyl (C=O) groups excluding carboxylic acids is 2. The molecule has 21 heavy (non-hydrogen) atoms. The molecule has 0 aromatic carbocycles. The van der Waals surface area contributed by atoms with Gasteiger partial charge >= 0.3 is 12.1 Å². The summed E-state index contributed by atoms with van der Waals surface area (Å²) in [7, 11) is 1.33. The van der Waals surface area contributed by atoms with Crippen LogP contribution < -0.4 is 0 Å². The van der Waals surface area contributed by atoms with Gasteiger partial charge in [-0.15, -0.1) is 0 Å². The van der Waals surface area contributed by atoms with E-state index in [1.54, 1.807) is 9.80 Å². The van der Waals surface area contributed by atoms with E-state index < -0.39 is 23.9 Å². The third kappa shape index (κ3) is 3.34. The number of carboxylic acids is 1. The quantitative estimate of drug-likeness (QED) is 0.753. The number of amides is 2. The van der Waals surface area contributed by atoms with Crippen molar-refractivity contribution in [2.24, 2.45) is 11.8 Å². The highest BCUT2D eigenvalue weighted by Gasteiger charge is 2.37. The molecule has 2 aliphatic rings. The lowest BCUT2D eigenvalue weighted by Gasteiger charge is -2.37. The minimum atomic E-state index is -0.925. The first-order valence-corrected chi connectivity index (χ1v) is 7.04. The fraction of sp³-hybridized carbons (Fsp3) is 0.643. The van der Waals surface area contributed by atoms with Crippen LogP contribution in [0.1, 0.15) is 12.8 Å². The zero-order chi connectivity index (χ0) is 15.4. The number of hydrogen-bond donors (Lipinski definition) is 1.